The van der Waals surface area contributed by atoms with Gasteiger partial charge in [-0.3, -0.25) is 19.0 Å². The number of fused-ring (bicyclic) bond motifs is 1. The number of primary amides is 1. The highest BCUT2D eigenvalue weighted by atomic mass is 16.4. The molecule has 10 heteroatoms. The third-order valence-electron chi connectivity index (χ3n) is 4.30. The molecule has 0 spiro atoms. The minimum atomic E-state index is -1.21. The van der Waals surface area contributed by atoms with Crippen molar-refractivity contribution in [3.05, 3.63) is 66.8 Å². The van der Waals surface area contributed by atoms with Crippen LogP contribution in [0, 0.1) is 0 Å². The van der Waals surface area contributed by atoms with Gasteiger partial charge in [0.05, 0.1) is 18.7 Å². The molecule has 3 N–H and O–H groups in total. The van der Waals surface area contributed by atoms with Crippen LogP contribution in [0.4, 0.5) is 0 Å². The van der Waals surface area contributed by atoms with E-state index in [-0.39, 0.29) is 12.1 Å². The number of imidazole rings is 1. The maximum atomic E-state index is 12.8. The molecule has 10 nitrogen and oxygen atoms in total. The summed E-state index contributed by atoms with van der Waals surface area (Å²) in [6.07, 6.45) is 7.13. The number of aromatic nitrogens is 3. The molecule has 1 unspecified atom stereocenters. The van der Waals surface area contributed by atoms with Crippen molar-refractivity contribution in [3.63, 3.8) is 0 Å². The Balaban J connectivity index is 1.61. The Morgan fingerprint density at radius 2 is 2.07 bits per heavy atom. The highest BCUT2D eigenvalue weighted by Gasteiger charge is 2.28. The van der Waals surface area contributed by atoms with Crippen LogP contribution in [-0.4, -0.2) is 38.2 Å². The van der Waals surface area contributed by atoms with Gasteiger partial charge in [0.25, 0.3) is 11.8 Å². The lowest BCUT2D eigenvalue weighted by molar-refractivity contribution is -0.137. The number of furan rings is 2. The van der Waals surface area contributed by atoms with Crippen molar-refractivity contribution in [1.29, 1.82) is 0 Å². The van der Waals surface area contributed by atoms with Crippen molar-refractivity contribution < 1.29 is 23.2 Å². The molecule has 0 saturated heterocycles. The van der Waals surface area contributed by atoms with Crippen LogP contribution in [-0.2, 0) is 16.0 Å². The fourth-order valence-electron chi connectivity index (χ4n) is 2.93. The Kier molecular flexibility index (Phi) is 4.65. The van der Waals surface area contributed by atoms with E-state index in [2.05, 4.69) is 15.3 Å². The summed E-state index contributed by atoms with van der Waals surface area (Å²) in [4.78, 5) is 44.8. The Morgan fingerprint density at radius 1 is 1.21 bits per heavy atom. The minimum absolute atomic E-state index is 0.0360. The molecule has 0 aliphatic carbocycles. The van der Waals surface area contributed by atoms with E-state index in [1.807, 2.05) is 0 Å². The number of carbonyl (C=O) groups excluding carboxylic acids is 3. The van der Waals surface area contributed by atoms with Gasteiger partial charge < -0.3 is 19.9 Å². The number of carbonyl (C=O) groups is 3. The van der Waals surface area contributed by atoms with Gasteiger partial charge in [0.2, 0.25) is 5.78 Å². The Labute approximate surface area is 163 Å². The predicted octanol–water partition coefficient (Wildman–Crippen LogP) is 1.00. The van der Waals surface area contributed by atoms with Crippen LogP contribution in [0.15, 0.2) is 64.3 Å². The molecule has 29 heavy (non-hydrogen) atoms. The summed E-state index contributed by atoms with van der Waals surface area (Å²) in [7, 11) is 0. The molecule has 0 aliphatic heterocycles. The molecule has 0 bridgehead atoms. The number of hydrogen-bond acceptors (Lipinski definition) is 7. The molecule has 4 rings (SSSR count). The van der Waals surface area contributed by atoms with E-state index in [1.165, 1.54) is 29.6 Å². The highest BCUT2D eigenvalue weighted by Crippen LogP contribution is 2.23. The van der Waals surface area contributed by atoms with Crippen LogP contribution in [0.5, 0.6) is 0 Å². The summed E-state index contributed by atoms with van der Waals surface area (Å²) in [5, 5.41) is 2.54. The van der Waals surface area contributed by atoms with Gasteiger partial charge in [0.15, 0.2) is 11.2 Å². The van der Waals surface area contributed by atoms with Crippen molar-refractivity contribution in [2.24, 2.45) is 5.73 Å². The second kappa shape index (κ2) is 7.43. The number of amides is 2. The molecule has 146 valence electrons. The molecule has 0 radical (unpaired) electrons. The van der Waals surface area contributed by atoms with E-state index in [9.17, 15) is 14.4 Å². The van der Waals surface area contributed by atoms with Crippen molar-refractivity contribution in [2.75, 3.05) is 0 Å². The molecular formula is C19H15N5O5. The zero-order chi connectivity index (χ0) is 20.4. The van der Waals surface area contributed by atoms with Crippen LogP contribution in [0.1, 0.15) is 16.1 Å². The number of ketones is 1. The van der Waals surface area contributed by atoms with E-state index in [0.717, 1.165) is 0 Å². The lowest BCUT2D eigenvalue weighted by atomic mass is 10.0. The quantitative estimate of drug-likeness (QED) is 0.445. The third-order valence-corrected chi connectivity index (χ3v) is 4.30. The van der Waals surface area contributed by atoms with Gasteiger partial charge >= 0.3 is 0 Å². The first kappa shape index (κ1) is 18.2. The second-order valence-corrected chi connectivity index (χ2v) is 6.17. The van der Waals surface area contributed by atoms with Gasteiger partial charge in [-0.05, 0) is 12.1 Å². The topological polar surface area (TPSA) is 146 Å². The number of rotatable bonds is 7. The Morgan fingerprint density at radius 3 is 2.83 bits per heavy atom. The first-order chi connectivity index (χ1) is 14.0. The summed E-state index contributed by atoms with van der Waals surface area (Å²) in [5.74, 6) is -2.25. The zero-order valence-electron chi connectivity index (χ0n) is 14.9. The van der Waals surface area contributed by atoms with E-state index >= 15 is 0 Å². The summed E-state index contributed by atoms with van der Waals surface area (Å²) >= 11 is 0. The van der Waals surface area contributed by atoms with Crippen molar-refractivity contribution in [2.45, 2.75) is 12.5 Å². The predicted molar refractivity (Wildman–Crippen MR) is 99.0 cm³/mol. The monoisotopic (exact) mass is 393 g/mol. The van der Waals surface area contributed by atoms with Crippen LogP contribution in [0.25, 0.3) is 17.0 Å². The smallest absolute Gasteiger partial charge is 0.287 e. The van der Waals surface area contributed by atoms with Gasteiger partial charge in [-0.25, -0.2) is 9.97 Å². The van der Waals surface area contributed by atoms with Crippen molar-refractivity contribution >= 4 is 28.8 Å². The third kappa shape index (κ3) is 3.50. The first-order valence-corrected chi connectivity index (χ1v) is 8.56. The van der Waals surface area contributed by atoms with Gasteiger partial charge in [-0.2, -0.15) is 0 Å². The average molecular weight is 393 g/mol. The maximum absolute atomic E-state index is 12.8. The normalized spacial score (nSPS) is 12.0. The summed E-state index contributed by atoms with van der Waals surface area (Å²) in [5.41, 5.74) is 6.74. The van der Waals surface area contributed by atoms with E-state index in [1.54, 1.807) is 30.5 Å². The summed E-state index contributed by atoms with van der Waals surface area (Å²) < 4.78 is 12.1. The van der Waals surface area contributed by atoms with Gasteiger partial charge in [0.1, 0.15) is 23.9 Å². The maximum Gasteiger partial charge on any atom is 0.287 e. The SMILES string of the molecule is NC(=O)C(=O)C(Cc1coc2ccoc12)NC(=O)c1cncn1-c1ccccn1. The lowest BCUT2D eigenvalue weighted by Crippen LogP contribution is -2.47. The van der Waals surface area contributed by atoms with Gasteiger partial charge in [-0.15, -0.1) is 0 Å². The first-order valence-electron chi connectivity index (χ1n) is 8.56. The molecule has 0 fully saturated rings. The average Bonchev–Trinajstić information content (AvgIpc) is 3.45. The molecule has 0 aliphatic rings. The molecular weight excluding hydrogens is 378 g/mol. The van der Waals surface area contributed by atoms with Crippen LogP contribution < -0.4 is 11.1 Å². The van der Waals surface area contributed by atoms with Gasteiger partial charge in [0, 0.05) is 24.2 Å². The highest BCUT2D eigenvalue weighted by molar-refractivity contribution is 6.38. The van der Waals surface area contributed by atoms with Crippen molar-refractivity contribution in [1.82, 2.24) is 19.9 Å². The van der Waals surface area contributed by atoms with Crippen molar-refractivity contribution in [3.8, 4) is 5.82 Å². The number of nitrogens with one attached hydrogen (secondary N) is 1. The Hall–Kier alpha value is -4.21. The molecule has 2 amide bonds. The minimum Gasteiger partial charge on any atom is -0.461 e. The van der Waals surface area contributed by atoms with Crippen LogP contribution >= 0.6 is 0 Å². The van der Waals surface area contributed by atoms with Gasteiger partial charge in [-0.1, -0.05) is 6.07 Å². The Bertz CT molecular complexity index is 1190. The van der Waals surface area contributed by atoms with E-state index in [4.69, 9.17) is 14.6 Å². The lowest BCUT2D eigenvalue weighted by Gasteiger charge is -2.16. The molecule has 1 atom stereocenters. The molecule has 4 aromatic heterocycles. The number of nitrogens with two attached hydrogens (primary N) is 1. The zero-order valence-corrected chi connectivity index (χ0v) is 14.9. The standard InChI is InChI=1S/C19H15N5O5/c20-18(26)16(25)12(7-11-9-29-14-4-6-28-17(11)14)23-19(27)13-8-21-10-24(13)15-3-1-2-5-22-15/h1-6,8-10,12H,7H2,(H2,20,26)(H,23,27). The number of Topliss-reactive ketones (excluding diaryl/α,β-unsaturated/α-hetero) is 1. The molecule has 0 saturated carbocycles. The fraction of sp³-hybridized carbons (Fsp3) is 0.105. The fourth-order valence-corrected chi connectivity index (χ4v) is 2.93. The molecule has 4 heterocycles. The molecule has 4 aromatic rings. The molecule has 0 aromatic carbocycles. The van der Waals surface area contributed by atoms with Crippen LogP contribution in [0.2, 0.25) is 0 Å². The number of nitrogens with zero attached hydrogens (tertiary/aromatic N) is 3. The summed E-state index contributed by atoms with van der Waals surface area (Å²) in [6, 6.07) is 5.61. The number of hydrogen-bond donors (Lipinski definition) is 2. The second-order valence-electron chi connectivity index (χ2n) is 6.17. The number of pyridine rings is 1. The summed E-state index contributed by atoms with van der Waals surface area (Å²) in [6.45, 7) is 0. The largest absolute Gasteiger partial charge is 0.461 e. The van der Waals surface area contributed by atoms with E-state index < -0.39 is 23.6 Å². The van der Waals surface area contributed by atoms with Crippen LogP contribution in [0.3, 0.4) is 0 Å². The van der Waals surface area contributed by atoms with E-state index in [0.29, 0.717) is 22.5 Å².